The van der Waals surface area contributed by atoms with Crippen molar-refractivity contribution < 1.29 is 5.11 Å². The van der Waals surface area contributed by atoms with Crippen LogP contribution < -0.4 is 11.1 Å². The molecule has 1 unspecified atom stereocenters. The molecule has 1 aromatic carbocycles. The van der Waals surface area contributed by atoms with Gasteiger partial charge in [0.05, 0.1) is 11.6 Å². The van der Waals surface area contributed by atoms with Gasteiger partial charge in [-0.2, -0.15) is 0 Å². The van der Waals surface area contributed by atoms with E-state index in [0.29, 0.717) is 18.7 Å². The highest BCUT2D eigenvalue weighted by Gasteiger charge is 2.05. The molecule has 1 atom stereocenters. The third-order valence-corrected chi connectivity index (χ3v) is 2.90. The predicted molar refractivity (Wildman–Crippen MR) is 73.4 cm³/mol. The molecular formula is C13H18N4O. The molecule has 1 heterocycles. The van der Waals surface area contributed by atoms with Crippen LogP contribution in [0.2, 0.25) is 0 Å². The fourth-order valence-corrected chi connectivity index (χ4v) is 1.78. The minimum Gasteiger partial charge on any atom is -0.399 e. The van der Waals surface area contributed by atoms with Gasteiger partial charge in [0.15, 0.2) is 0 Å². The second kappa shape index (κ2) is 5.64. The lowest BCUT2D eigenvalue weighted by Gasteiger charge is -2.11. The Balaban J connectivity index is 2.15. The Labute approximate surface area is 106 Å². The van der Waals surface area contributed by atoms with Crippen LogP contribution in [0.5, 0.6) is 0 Å². The normalized spacial score (nSPS) is 12.6. The van der Waals surface area contributed by atoms with E-state index in [4.69, 9.17) is 5.73 Å². The number of rotatable bonds is 5. The van der Waals surface area contributed by atoms with Crippen molar-refractivity contribution in [1.29, 1.82) is 0 Å². The van der Waals surface area contributed by atoms with E-state index in [9.17, 15) is 5.11 Å². The van der Waals surface area contributed by atoms with Gasteiger partial charge < -0.3 is 16.2 Å². The van der Waals surface area contributed by atoms with Crippen LogP contribution in [0.25, 0.3) is 10.9 Å². The van der Waals surface area contributed by atoms with E-state index < -0.39 is 0 Å². The lowest BCUT2D eigenvalue weighted by atomic mass is 10.2. The van der Waals surface area contributed by atoms with Crippen molar-refractivity contribution in [3.05, 3.63) is 24.5 Å². The second-order valence-electron chi connectivity index (χ2n) is 4.28. The zero-order chi connectivity index (χ0) is 13.0. The van der Waals surface area contributed by atoms with Crippen molar-refractivity contribution in [1.82, 2.24) is 9.97 Å². The monoisotopic (exact) mass is 246 g/mol. The summed E-state index contributed by atoms with van der Waals surface area (Å²) in [6.45, 7) is 2.64. The molecule has 0 fully saturated rings. The summed E-state index contributed by atoms with van der Waals surface area (Å²) in [5.74, 6) is 0.760. The van der Waals surface area contributed by atoms with Crippen LogP contribution >= 0.6 is 0 Å². The highest BCUT2D eigenvalue weighted by Crippen LogP contribution is 2.21. The summed E-state index contributed by atoms with van der Waals surface area (Å²) in [7, 11) is 0. The molecule has 18 heavy (non-hydrogen) atoms. The van der Waals surface area contributed by atoms with Crippen molar-refractivity contribution in [2.75, 3.05) is 17.6 Å². The molecule has 2 aromatic rings. The average molecular weight is 246 g/mol. The maximum atomic E-state index is 9.50. The van der Waals surface area contributed by atoms with Crippen molar-refractivity contribution in [3.63, 3.8) is 0 Å². The SMILES string of the molecule is CCC(O)CCNc1ncnc2ccc(N)cc12. The minimum absolute atomic E-state index is 0.268. The lowest BCUT2D eigenvalue weighted by molar-refractivity contribution is 0.164. The number of nitrogen functional groups attached to an aromatic ring is 1. The van der Waals surface area contributed by atoms with Crippen molar-refractivity contribution in [2.24, 2.45) is 0 Å². The Kier molecular flexibility index (Phi) is 3.94. The molecule has 2 rings (SSSR count). The first-order chi connectivity index (χ1) is 8.70. The maximum Gasteiger partial charge on any atom is 0.137 e. The van der Waals surface area contributed by atoms with Crippen molar-refractivity contribution in [2.45, 2.75) is 25.9 Å². The van der Waals surface area contributed by atoms with E-state index in [1.165, 1.54) is 6.33 Å². The van der Waals surface area contributed by atoms with Crippen LogP contribution in [0, 0.1) is 0 Å². The van der Waals surface area contributed by atoms with Gasteiger partial charge in [0.25, 0.3) is 0 Å². The first-order valence-electron chi connectivity index (χ1n) is 6.13. The van der Waals surface area contributed by atoms with Gasteiger partial charge in [0.1, 0.15) is 12.1 Å². The third-order valence-electron chi connectivity index (χ3n) is 2.90. The molecular weight excluding hydrogens is 228 g/mol. The largest absolute Gasteiger partial charge is 0.399 e. The Bertz CT molecular complexity index is 529. The number of nitrogens with two attached hydrogens (primary N) is 1. The van der Waals surface area contributed by atoms with Gasteiger partial charge in [-0.05, 0) is 31.0 Å². The lowest BCUT2D eigenvalue weighted by Crippen LogP contribution is -2.13. The van der Waals surface area contributed by atoms with Gasteiger partial charge in [-0.3, -0.25) is 0 Å². The summed E-state index contributed by atoms with van der Waals surface area (Å²) in [5.41, 5.74) is 7.32. The first-order valence-corrected chi connectivity index (χ1v) is 6.13. The third kappa shape index (κ3) is 2.87. The van der Waals surface area contributed by atoms with Crippen LogP contribution in [-0.4, -0.2) is 27.7 Å². The summed E-state index contributed by atoms with van der Waals surface area (Å²) in [6.07, 6.45) is 2.72. The predicted octanol–water partition coefficient (Wildman–Crippen LogP) is 1.78. The summed E-state index contributed by atoms with van der Waals surface area (Å²) >= 11 is 0. The molecule has 0 radical (unpaired) electrons. The van der Waals surface area contributed by atoms with Crippen molar-refractivity contribution >= 4 is 22.4 Å². The topological polar surface area (TPSA) is 84.1 Å². The summed E-state index contributed by atoms with van der Waals surface area (Å²) in [5, 5.41) is 13.6. The van der Waals surface area contributed by atoms with E-state index in [2.05, 4.69) is 15.3 Å². The molecule has 1 aromatic heterocycles. The van der Waals surface area contributed by atoms with Gasteiger partial charge >= 0.3 is 0 Å². The summed E-state index contributed by atoms with van der Waals surface area (Å²) in [4.78, 5) is 8.40. The molecule has 0 aliphatic rings. The molecule has 0 aliphatic carbocycles. The molecule has 0 bridgehead atoms. The molecule has 0 amide bonds. The van der Waals surface area contributed by atoms with E-state index in [1.54, 1.807) is 0 Å². The second-order valence-corrected chi connectivity index (χ2v) is 4.28. The molecule has 5 heteroatoms. The number of nitrogens with one attached hydrogen (secondary N) is 1. The van der Waals surface area contributed by atoms with Gasteiger partial charge in [-0.1, -0.05) is 6.92 Å². The number of aliphatic hydroxyl groups excluding tert-OH is 1. The Hall–Kier alpha value is -1.88. The number of aliphatic hydroxyl groups is 1. The maximum absolute atomic E-state index is 9.50. The average Bonchev–Trinajstić information content (AvgIpc) is 2.39. The first kappa shape index (κ1) is 12.6. The van der Waals surface area contributed by atoms with Crippen LogP contribution in [0.4, 0.5) is 11.5 Å². The van der Waals surface area contributed by atoms with Crippen LogP contribution in [0.1, 0.15) is 19.8 Å². The fourth-order valence-electron chi connectivity index (χ4n) is 1.78. The number of hydrogen-bond donors (Lipinski definition) is 3. The Morgan fingerprint density at radius 1 is 1.39 bits per heavy atom. The number of nitrogens with zero attached hydrogens (tertiary/aromatic N) is 2. The molecule has 0 saturated carbocycles. The van der Waals surface area contributed by atoms with Gasteiger partial charge in [0, 0.05) is 17.6 Å². The van der Waals surface area contributed by atoms with Crippen LogP contribution in [0.3, 0.4) is 0 Å². The number of fused-ring (bicyclic) bond motifs is 1. The van der Waals surface area contributed by atoms with E-state index in [-0.39, 0.29) is 6.10 Å². The number of anilines is 2. The molecule has 0 aliphatic heterocycles. The van der Waals surface area contributed by atoms with E-state index in [0.717, 1.165) is 23.1 Å². The van der Waals surface area contributed by atoms with E-state index in [1.807, 2.05) is 25.1 Å². The zero-order valence-electron chi connectivity index (χ0n) is 10.4. The quantitative estimate of drug-likeness (QED) is 0.700. The number of hydrogen-bond acceptors (Lipinski definition) is 5. The smallest absolute Gasteiger partial charge is 0.137 e. The summed E-state index contributed by atoms with van der Waals surface area (Å²) in [6, 6.07) is 5.55. The van der Waals surface area contributed by atoms with Crippen molar-refractivity contribution in [3.8, 4) is 0 Å². The van der Waals surface area contributed by atoms with E-state index >= 15 is 0 Å². The van der Waals surface area contributed by atoms with Crippen LogP contribution in [-0.2, 0) is 0 Å². The molecule has 5 nitrogen and oxygen atoms in total. The van der Waals surface area contributed by atoms with Crippen LogP contribution in [0.15, 0.2) is 24.5 Å². The zero-order valence-corrected chi connectivity index (χ0v) is 10.4. The number of aromatic nitrogens is 2. The molecule has 96 valence electrons. The molecule has 4 N–H and O–H groups in total. The van der Waals surface area contributed by atoms with Gasteiger partial charge in [-0.25, -0.2) is 9.97 Å². The van der Waals surface area contributed by atoms with Gasteiger partial charge in [-0.15, -0.1) is 0 Å². The fraction of sp³-hybridized carbons (Fsp3) is 0.385. The molecule has 0 saturated heterocycles. The Morgan fingerprint density at radius 2 is 2.22 bits per heavy atom. The number of benzene rings is 1. The standard InChI is InChI=1S/C13H18N4O/c1-2-10(18)5-6-15-13-11-7-9(14)3-4-12(11)16-8-17-13/h3-4,7-8,10,18H,2,5-6,14H2,1H3,(H,15,16,17). The molecule has 0 spiro atoms. The highest BCUT2D eigenvalue weighted by molar-refractivity contribution is 5.91. The van der Waals surface area contributed by atoms with Gasteiger partial charge in [0.2, 0.25) is 0 Å². The summed E-state index contributed by atoms with van der Waals surface area (Å²) < 4.78 is 0. The Morgan fingerprint density at radius 3 is 3.00 bits per heavy atom. The minimum atomic E-state index is -0.268. The highest BCUT2D eigenvalue weighted by atomic mass is 16.3.